The zero-order chi connectivity index (χ0) is 14.8. The fraction of sp³-hybridized carbons (Fsp3) is 0.500. The number of aromatic nitrogens is 2. The number of aryl methyl sites for hydroxylation is 1. The van der Waals surface area contributed by atoms with Crippen LogP contribution >= 0.6 is 12.4 Å². The Balaban J connectivity index is 0.00000176. The second-order valence-corrected chi connectivity index (χ2v) is 5.88. The summed E-state index contributed by atoms with van der Waals surface area (Å²) in [6.07, 6.45) is 5.41. The highest BCUT2D eigenvalue weighted by atomic mass is 35.5. The first-order valence-corrected chi connectivity index (χ1v) is 7.60. The zero-order valence-electron chi connectivity index (χ0n) is 12.9. The van der Waals surface area contributed by atoms with E-state index in [-0.39, 0.29) is 18.0 Å². The highest BCUT2D eigenvalue weighted by molar-refractivity contribution is 5.85. The number of likely N-dealkylation sites (tertiary alicyclic amines) is 1. The minimum absolute atomic E-state index is 0. The first kappa shape index (κ1) is 16.9. The highest BCUT2D eigenvalue weighted by Crippen LogP contribution is 2.18. The van der Waals surface area contributed by atoms with E-state index < -0.39 is 0 Å². The maximum Gasteiger partial charge on any atom is 0.258 e. The summed E-state index contributed by atoms with van der Waals surface area (Å²) in [6.45, 7) is 4.39. The molecule has 2 aromatic heterocycles. The van der Waals surface area contributed by atoms with Gasteiger partial charge in [-0.1, -0.05) is 12.5 Å². The van der Waals surface area contributed by atoms with Crippen LogP contribution in [0.1, 0.15) is 30.5 Å². The first-order valence-electron chi connectivity index (χ1n) is 7.60. The van der Waals surface area contributed by atoms with Crippen LogP contribution in [0.2, 0.25) is 0 Å². The third kappa shape index (κ3) is 3.48. The molecule has 0 amide bonds. The minimum atomic E-state index is -0.0139. The molecule has 2 N–H and O–H groups in total. The van der Waals surface area contributed by atoms with Crippen molar-refractivity contribution in [3.63, 3.8) is 0 Å². The van der Waals surface area contributed by atoms with Crippen molar-refractivity contribution in [2.75, 3.05) is 13.1 Å². The van der Waals surface area contributed by atoms with Gasteiger partial charge < -0.3 is 5.73 Å². The number of rotatable bonds is 3. The van der Waals surface area contributed by atoms with Crippen LogP contribution in [-0.2, 0) is 6.54 Å². The van der Waals surface area contributed by atoms with Gasteiger partial charge in [0.2, 0.25) is 0 Å². The number of fused-ring (bicyclic) bond motifs is 1. The zero-order valence-corrected chi connectivity index (χ0v) is 13.7. The van der Waals surface area contributed by atoms with Gasteiger partial charge >= 0.3 is 0 Å². The molecule has 22 heavy (non-hydrogen) atoms. The molecule has 3 heterocycles. The molecule has 1 saturated heterocycles. The molecule has 5 nitrogen and oxygen atoms in total. The molecule has 1 fully saturated rings. The van der Waals surface area contributed by atoms with E-state index in [9.17, 15) is 4.79 Å². The summed E-state index contributed by atoms with van der Waals surface area (Å²) >= 11 is 0. The summed E-state index contributed by atoms with van der Waals surface area (Å²) in [5.41, 5.74) is 8.45. The molecule has 0 saturated carbocycles. The Bertz CT molecular complexity index is 700. The van der Waals surface area contributed by atoms with Crippen LogP contribution in [0, 0.1) is 6.92 Å². The normalized spacial score (nSPS) is 19.1. The summed E-state index contributed by atoms with van der Waals surface area (Å²) in [6, 6.07) is 5.94. The van der Waals surface area contributed by atoms with Gasteiger partial charge in [0, 0.05) is 31.4 Å². The standard InChI is InChI=1S/C16H22N4O.ClH/c1-12-5-6-15-18-13(8-16(21)20(15)10-12)11-19-7-3-2-4-14(19)9-17;/h5-6,8,10,14H,2-4,7,9,11,17H2,1H3;1H. The van der Waals surface area contributed by atoms with E-state index >= 15 is 0 Å². The van der Waals surface area contributed by atoms with Crippen LogP contribution < -0.4 is 11.3 Å². The van der Waals surface area contributed by atoms with Gasteiger partial charge in [-0.25, -0.2) is 4.98 Å². The van der Waals surface area contributed by atoms with E-state index in [1.54, 1.807) is 10.5 Å². The Kier molecular flexibility index (Phi) is 5.56. The van der Waals surface area contributed by atoms with E-state index in [0.717, 1.165) is 24.2 Å². The van der Waals surface area contributed by atoms with Gasteiger partial charge in [-0.2, -0.15) is 0 Å². The number of nitrogens with two attached hydrogens (primary N) is 1. The van der Waals surface area contributed by atoms with Crippen LogP contribution in [0.4, 0.5) is 0 Å². The third-order valence-electron chi connectivity index (χ3n) is 4.25. The van der Waals surface area contributed by atoms with Gasteiger partial charge in [-0.3, -0.25) is 14.1 Å². The van der Waals surface area contributed by atoms with Crippen molar-refractivity contribution in [2.45, 2.75) is 38.8 Å². The van der Waals surface area contributed by atoms with Crippen LogP contribution in [0.5, 0.6) is 0 Å². The van der Waals surface area contributed by atoms with Gasteiger partial charge in [-0.05, 0) is 37.9 Å². The topological polar surface area (TPSA) is 63.6 Å². The van der Waals surface area contributed by atoms with Crippen molar-refractivity contribution in [3.8, 4) is 0 Å². The largest absolute Gasteiger partial charge is 0.329 e. The molecule has 1 unspecified atom stereocenters. The molecular weight excluding hydrogens is 300 g/mol. The number of hydrogen-bond donors (Lipinski definition) is 1. The van der Waals surface area contributed by atoms with Crippen LogP contribution in [0.15, 0.2) is 29.2 Å². The molecule has 0 aromatic carbocycles. The number of piperidine rings is 1. The first-order chi connectivity index (χ1) is 10.2. The van der Waals surface area contributed by atoms with Gasteiger partial charge in [-0.15, -0.1) is 12.4 Å². The summed E-state index contributed by atoms with van der Waals surface area (Å²) in [5.74, 6) is 0. The Hall–Kier alpha value is -1.43. The van der Waals surface area contributed by atoms with Crippen molar-refractivity contribution in [1.29, 1.82) is 0 Å². The maximum absolute atomic E-state index is 12.2. The Morgan fingerprint density at radius 1 is 1.36 bits per heavy atom. The molecule has 0 aliphatic carbocycles. The molecule has 1 aliphatic heterocycles. The molecule has 3 rings (SSSR count). The molecule has 0 bridgehead atoms. The summed E-state index contributed by atoms with van der Waals surface area (Å²) in [5, 5.41) is 0. The van der Waals surface area contributed by atoms with Crippen LogP contribution in [0.25, 0.3) is 5.65 Å². The van der Waals surface area contributed by atoms with Crippen molar-refractivity contribution in [2.24, 2.45) is 5.73 Å². The SMILES string of the molecule is Cc1ccc2nc(CN3CCCCC3CN)cc(=O)n2c1.Cl. The lowest BCUT2D eigenvalue weighted by atomic mass is 10.0. The second-order valence-electron chi connectivity index (χ2n) is 5.88. The number of halogens is 1. The quantitative estimate of drug-likeness (QED) is 0.935. The minimum Gasteiger partial charge on any atom is -0.329 e. The van der Waals surface area contributed by atoms with Crippen LogP contribution in [0.3, 0.4) is 0 Å². The Morgan fingerprint density at radius 3 is 2.95 bits per heavy atom. The van der Waals surface area contributed by atoms with E-state index in [1.165, 1.54) is 12.8 Å². The molecule has 1 atom stereocenters. The van der Waals surface area contributed by atoms with E-state index in [2.05, 4.69) is 9.88 Å². The molecule has 6 heteroatoms. The summed E-state index contributed by atoms with van der Waals surface area (Å²) in [7, 11) is 0. The average molecular weight is 323 g/mol. The summed E-state index contributed by atoms with van der Waals surface area (Å²) in [4.78, 5) is 19.2. The fourth-order valence-electron chi connectivity index (χ4n) is 3.08. The van der Waals surface area contributed by atoms with Gasteiger partial charge in [0.05, 0.1) is 5.69 Å². The lowest BCUT2D eigenvalue weighted by Crippen LogP contribution is -2.43. The second kappa shape index (κ2) is 7.22. The highest BCUT2D eigenvalue weighted by Gasteiger charge is 2.21. The lowest BCUT2D eigenvalue weighted by molar-refractivity contribution is 0.143. The van der Waals surface area contributed by atoms with E-state index in [0.29, 0.717) is 24.8 Å². The number of nitrogens with zero attached hydrogens (tertiary/aromatic N) is 3. The monoisotopic (exact) mass is 322 g/mol. The molecule has 120 valence electrons. The Morgan fingerprint density at radius 2 is 2.18 bits per heavy atom. The van der Waals surface area contributed by atoms with Gasteiger partial charge in [0.15, 0.2) is 0 Å². The smallest absolute Gasteiger partial charge is 0.258 e. The third-order valence-corrected chi connectivity index (χ3v) is 4.25. The van der Waals surface area contributed by atoms with Gasteiger partial charge in [0.25, 0.3) is 5.56 Å². The maximum atomic E-state index is 12.2. The number of pyridine rings is 1. The van der Waals surface area contributed by atoms with Crippen molar-refractivity contribution < 1.29 is 0 Å². The van der Waals surface area contributed by atoms with Crippen molar-refractivity contribution >= 4 is 18.1 Å². The number of hydrogen-bond acceptors (Lipinski definition) is 4. The predicted molar refractivity (Wildman–Crippen MR) is 90.6 cm³/mol. The van der Waals surface area contributed by atoms with E-state index in [4.69, 9.17) is 5.73 Å². The van der Waals surface area contributed by atoms with Crippen molar-refractivity contribution in [3.05, 3.63) is 46.0 Å². The Labute approximate surface area is 136 Å². The molecule has 0 radical (unpaired) electrons. The fourth-order valence-corrected chi connectivity index (χ4v) is 3.08. The summed E-state index contributed by atoms with van der Waals surface area (Å²) < 4.78 is 1.61. The average Bonchev–Trinajstić information content (AvgIpc) is 2.49. The molecule has 1 aliphatic rings. The lowest BCUT2D eigenvalue weighted by Gasteiger charge is -2.34. The van der Waals surface area contributed by atoms with E-state index in [1.807, 2.05) is 25.3 Å². The van der Waals surface area contributed by atoms with Gasteiger partial charge in [0.1, 0.15) is 5.65 Å². The molecule has 0 spiro atoms. The van der Waals surface area contributed by atoms with Crippen LogP contribution in [-0.4, -0.2) is 33.4 Å². The van der Waals surface area contributed by atoms with Crippen molar-refractivity contribution in [1.82, 2.24) is 14.3 Å². The predicted octanol–water partition coefficient (Wildman–Crippen LogP) is 1.74. The molecule has 2 aromatic rings. The molecular formula is C16H23ClN4O.